The van der Waals surface area contributed by atoms with Gasteiger partial charge in [-0.25, -0.2) is 0 Å². The normalized spacial score (nSPS) is 10.9. The lowest BCUT2D eigenvalue weighted by Gasteiger charge is -2.08. The first-order valence-electron chi connectivity index (χ1n) is 8.54. The van der Waals surface area contributed by atoms with Crippen LogP contribution in [-0.4, -0.2) is 33.0 Å². The predicted octanol–water partition coefficient (Wildman–Crippen LogP) is 4.36. The fourth-order valence-corrected chi connectivity index (χ4v) is 3.30. The molecule has 0 aliphatic rings. The van der Waals surface area contributed by atoms with Gasteiger partial charge in [0.1, 0.15) is 11.5 Å². The number of amides is 1. The van der Waals surface area contributed by atoms with E-state index in [9.17, 15) is 13.6 Å². The van der Waals surface area contributed by atoms with E-state index in [1.165, 1.54) is 36.0 Å². The number of carbonyl (C=O) groups excluding carboxylic acids is 1. The largest absolute Gasteiger partial charge is 0.469 e. The summed E-state index contributed by atoms with van der Waals surface area (Å²) in [5.41, 5.74) is 1.29. The fourth-order valence-electron chi connectivity index (χ4n) is 2.55. The first-order chi connectivity index (χ1) is 14.0. The van der Waals surface area contributed by atoms with Crippen LogP contribution in [-0.2, 0) is 11.3 Å². The van der Waals surface area contributed by atoms with Crippen LogP contribution in [0.15, 0.2) is 58.8 Å². The Morgan fingerprint density at radius 1 is 1.34 bits per heavy atom. The average Bonchev–Trinajstić information content (AvgIpc) is 3.27. The number of alkyl halides is 2. The van der Waals surface area contributed by atoms with Crippen LogP contribution in [0.2, 0.25) is 0 Å². The number of aryl methyl sites for hydroxylation is 1. The number of benzene rings is 1. The first kappa shape index (κ1) is 20.6. The molecule has 3 aromatic rings. The Kier molecular flexibility index (Phi) is 6.65. The van der Waals surface area contributed by atoms with Crippen molar-refractivity contribution in [2.45, 2.75) is 25.2 Å². The van der Waals surface area contributed by atoms with Crippen LogP contribution < -0.4 is 10.1 Å². The molecule has 152 valence electrons. The quantitative estimate of drug-likeness (QED) is 0.409. The first-order valence-corrected chi connectivity index (χ1v) is 9.52. The van der Waals surface area contributed by atoms with Crippen molar-refractivity contribution in [1.82, 2.24) is 14.8 Å². The highest BCUT2D eigenvalue weighted by atomic mass is 32.2. The maximum absolute atomic E-state index is 12.2. The van der Waals surface area contributed by atoms with Gasteiger partial charge in [-0.2, -0.15) is 8.78 Å². The SMILES string of the molecule is C=CCn1c(SCC(=O)Nc2ccc(OC(F)F)cc2)nnc1-c1ccoc1C. The average molecular weight is 420 g/mol. The number of allylic oxidation sites excluding steroid dienone is 1. The van der Waals surface area contributed by atoms with Gasteiger partial charge in [0.25, 0.3) is 0 Å². The highest BCUT2D eigenvalue weighted by Gasteiger charge is 2.17. The number of hydrogen-bond acceptors (Lipinski definition) is 6. The van der Waals surface area contributed by atoms with E-state index >= 15 is 0 Å². The van der Waals surface area contributed by atoms with Gasteiger partial charge in [-0.1, -0.05) is 17.8 Å². The van der Waals surface area contributed by atoms with E-state index < -0.39 is 6.61 Å². The molecule has 0 fully saturated rings. The standard InChI is InChI=1S/C19H18F2N4O3S/c1-3-9-25-17(15-8-10-27-12(15)2)23-24-19(25)29-11-16(26)22-13-4-6-14(7-5-13)28-18(20)21/h3-8,10,18H,1,9,11H2,2H3,(H,22,26). The van der Waals surface area contributed by atoms with Crippen LogP contribution in [0.4, 0.5) is 14.5 Å². The number of hydrogen-bond donors (Lipinski definition) is 1. The number of halogens is 2. The lowest BCUT2D eigenvalue weighted by molar-refractivity contribution is -0.113. The minimum Gasteiger partial charge on any atom is -0.469 e. The third-order valence-electron chi connectivity index (χ3n) is 3.82. The van der Waals surface area contributed by atoms with E-state index in [-0.39, 0.29) is 17.4 Å². The highest BCUT2D eigenvalue weighted by Crippen LogP contribution is 2.27. The summed E-state index contributed by atoms with van der Waals surface area (Å²) in [6.45, 7) is 3.17. The molecule has 0 aliphatic carbocycles. The lowest BCUT2D eigenvalue weighted by atomic mass is 10.2. The number of rotatable bonds is 9. The fraction of sp³-hybridized carbons (Fsp3) is 0.211. The van der Waals surface area contributed by atoms with Crippen molar-refractivity contribution >= 4 is 23.4 Å². The van der Waals surface area contributed by atoms with Gasteiger partial charge in [-0.15, -0.1) is 16.8 Å². The molecule has 0 atom stereocenters. The van der Waals surface area contributed by atoms with Gasteiger partial charge in [-0.05, 0) is 37.3 Å². The molecule has 1 N–H and O–H groups in total. The second-order valence-corrected chi connectivity index (χ2v) is 6.78. The summed E-state index contributed by atoms with van der Waals surface area (Å²) in [6.07, 6.45) is 3.30. The third-order valence-corrected chi connectivity index (χ3v) is 4.79. The van der Waals surface area contributed by atoms with Crippen LogP contribution in [0, 0.1) is 6.92 Å². The number of aromatic nitrogens is 3. The predicted molar refractivity (Wildman–Crippen MR) is 105 cm³/mol. The van der Waals surface area contributed by atoms with Crippen LogP contribution in [0.25, 0.3) is 11.4 Å². The molecule has 0 aliphatic heterocycles. The Morgan fingerprint density at radius 3 is 2.72 bits per heavy atom. The summed E-state index contributed by atoms with van der Waals surface area (Å²) in [7, 11) is 0. The molecule has 0 saturated heterocycles. The Labute approximate surface area is 169 Å². The van der Waals surface area contributed by atoms with E-state index in [0.29, 0.717) is 23.2 Å². The lowest BCUT2D eigenvalue weighted by Crippen LogP contribution is -2.14. The Morgan fingerprint density at radius 2 is 2.10 bits per heavy atom. The van der Waals surface area contributed by atoms with E-state index in [1.54, 1.807) is 12.3 Å². The molecule has 0 radical (unpaired) electrons. The molecule has 0 unspecified atom stereocenters. The van der Waals surface area contributed by atoms with Crippen molar-refractivity contribution in [3.05, 3.63) is 55.0 Å². The molecular weight excluding hydrogens is 402 g/mol. The summed E-state index contributed by atoms with van der Waals surface area (Å²) in [5.74, 6) is 1.19. The zero-order valence-corrected chi connectivity index (χ0v) is 16.3. The second kappa shape index (κ2) is 9.37. The molecule has 29 heavy (non-hydrogen) atoms. The number of carbonyl (C=O) groups is 1. The molecule has 7 nitrogen and oxygen atoms in total. The van der Waals surface area contributed by atoms with Crippen molar-refractivity contribution in [1.29, 1.82) is 0 Å². The monoisotopic (exact) mass is 420 g/mol. The van der Waals surface area contributed by atoms with Crippen LogP contribution in [0.5, 0.6) is 5.75 Å². The molecule has 1 aromatic carbocycles. The summed E-state index contributed by atoms with van der Waals surface area (Å²) < 4.78 is 35.8. The Hall–Kier alpha value is -3.14. The summed E-state index contributed by atoms with van der Waals surface area (Å²) >= 11 is 1.22. The zero-order valence-electron chi connectivity index (χ0n) is 15.5. The van der Waals surface area contributed by atoms with E-state index in [0.717, 1.165) is 11.3 Å². The number of anilines is 1. The van der Waals surface area contributed by atoms with Gasteiger partial charge in [-0.3, -0.25) is 9.36 Å². The van der Waals surface area contributed by atoms with Crippen molar-refractivity contribution < 1.29 is 22.7 Å². The highest BCUT2D eigenvalue weighted by molar-refractivity contribution is 7.99. The van der Waals surface area contributed by atoms with Crippen LogP contribution in [0.1, 0.15) is 5.76 Å². The summed E-state index contributed by atoms with van der Waals surface area (Å²) in [6, 6.07) is 7.49. The summed E-state index contributed by atoms with van der Waals surface area (Å²) in [4.78, 5) is 12.2. The molecule has 0 spiro atoms. The maximum atomic E-state index is 12.2. The number of thioether (sulfide) groups is 1. The number of nitrogens with zero attached hydrogens (tertiary/aromatic N) is 3. The van der Waals surface area contributed by atoms with Gasteiger partial charge in [0.2, 0.25) is 5.91 Å². The Bertz CT molecular complexity index is 986. The molecule has 10 heteroatoms. The molecule has 3 rings (SSSR count). The van der Waals surface area contributed by atoms with E-state index in [4.69, 9.17) is 4.42 Å². The van der Waals surface area contributed by atoms with Crippen LogP contribution >= 0.6 is 11.8 Å². The van der Waals surface area contributed by atoms with Crippen molar-refractivity contribution in [2.75, 3.05) is 11.1 Å². The molecular formula is C19H18F2N4O3S. The number of ether oxygens (including phenoxy) is 1. The zero-order chi connectivity index (χ0) is 20.8. The van der Waals surface area contributed by atoms with Crippen molar-refractivity contribution in [3.63, 3.8) is 0 Å². The topological polar surface area (TPSA) is 82.2 Å². The smallest absolute Gasteiger partial charge is 0.387 e. The minimum absolute atomic E-state index is 0.0203. The number of furan rings is 1. The van der Waals surface area contributed by atoms with Crippen molar-refractivity contribution in [3.8, 4) is 17.1 Å². The van der Waals surface area contributed by atoms with Gasteiger partial charge in [0, 0.05) is 12.2 Å². The Balaban J connectivity index is 1.63. The van der Waals surface area contributed by atoms with Crippen LogP contribution in [0.3, 0.4) is 0 Å². The van der Waals surface area contributed by atoms with Gasteiger partial charge in [0.15, 0.2) is 11.0 Å². The van der Waals surface area contributed by atoms with Gasteiger partial charge < -0.3 is 14.5 Å². The maximum Gasteiger partial charge on any atom is 0.387 e. The molecule has 0 bridgehead atoms. The van der Waals surface area contributed by atoms with E-state index in [1.807, 2.05) is 17.6 Å². The second-order valence-electron chi connectivity index (χ2n) is 5.84. The third kappa shape index (κ3) is 5.23. The van der Waals surface area contributed by atoms with Crippen molar-refractivity contribution in [2.24, 2.45) is 0 Å². The van der Waals surface area contributed by atoms with Gasteiger partial charge in [0.05, 0.1) is 17.6 Å². The van der Waals surface area contributed by atoms with Gasteiger partial charge >= 0.3 is 6.61 Å². The van der Waals surface area contributed by atoms with E-state index in [2.05, 4.69) is 26.8 Å². The number of nitrogens with one attached hydrogen (secondary N) is 1. The molecule has 2 aromatic heterocycles. The molecule has 1 amide bonds. The molecule has 2 heterocycles. The molecule has 0 saturated carbocycles. The minimum atomic E-state index is -2.89. The summed E-state index contributed by atoms with van der Waals surface area (Å²) in [5, 5.41) is 11.6.